The lowest BCUT2D eigenvalue weighted by Crippen LogP contribution is -2.18. The molecule has 0 radical (unpaired) electrons. The minimum atomic E-state index is 0.358. The Labute approximate surface area is 165 Å². The SMILES string of the molecule is CC(C)c1cccc(C(C)C)c1N(N=N)c1c(C(C)C)cccc1C(C)C. The van der Waals surface area contributed by atoms with Crippen LogP contribution in [0.15, 0.2) is 41.6 Å². The van der Waals surface area contributed by atoms with E-state index in [1.165, 1.54) is 22.3 Å². The molecule has 0 atom stereocenters. The van der Waals surface area contributed by atoms with Crippen LogP contribution in [0.1, 0.15) is 101 Å². The van der Waals surface area contributed by atoms with E-state index in [9.17, 15) is 0 Å². The van der Waals surface area contributed by atoms with Crippen LogP contribution in [0.4, 0.5) is 11.4 Å². The molecule has 1 N–H and O–H groups in total. The quantitative estimate of drug-likeness (QED) is 0.389. The molecule has 27 heavy (non-hydrogen) atoms. The van der Waals surface area contributed by atoms with Crippen LogP contribution in [0.5, 0.6) is 0 Å². The summed E-state index contributed by atoms with van der Waals surface area (Å²) in [6, 6.07) is 13.0. The van der Waals surface area contributed by atoms with Gasteiger partial charge in [-0.1, -0.05) is 97.0 Å². The van der Waals surface area contributed by atoms with Gasteiger partial charge in [-0.05, 0) is 45.9 Å². The summed E-state index contributed by atoms with van der Waals surface area (Å²) >= 11 is 0. The maximum Gasteiger partial charge on any atom is 0.0739 e. The van der Waals surface area contributed by atoms with E-state index < -0.39 is 0 Å². The van der Waals surface area contributed by atoms with Gasteiger partial charge in [0.05, 0.1) is 11.4 Å². The summed E-state index contributed by atoms with van der Waals surface area (Å²) in [4.78, 5) is 0. The molecule has 0 saturated heterocycles. The van der Waals surface area contributed by atoms with Crippen molar-refractivity contribution < 1.29 is 0 Å². The normalized spacial score (nSPS) is 11.7. The van der Waals surface area contributed by atoms with Crippen LogP contribution in [0.25, 0.3) is 0 Å². The van der Waals surface area contributed by atoms with Crippen molar-refractivity contribution in [1.29, 1.82) is 5.53 Å². The Morgan fingerprint density at radius 2 is 0.852 bits per heavy atom. The number of para-hydroxylation sites is 2. The van der Waals surface area contributed by atoms with Gasteiger partial charge in [0.2, 0.25) is 0 Å². The monoisotopic (exact) mass is 365 g/mol. The standard InChI is InChI=1S/C24H35N3/c1-15(2)19-11-9-12-20(16(3)4)23(19)27(26-25)24-21(17(5)6)13-10-14-22(24)18(7)8/h9-18,25H,1-8H3. The highest BCUT2D eigenvalue weighted by atomic mass is 15.5. The molecule has 0 heterocycles. The van der Waals surface area contributed by atoms with Crippen molar-refractivity contribution in [2.75, 3.05) is 5.01 Å². The third kappa shape index (κ3) is 4.23. The summed E-state index contributed by atoms with van der Waals surface area (Å²) in [6.07, 6.45) is 0. The topological polar surface area (TPSA) is 39.5 Å². The number of hydrogen-bond acceptors (Lipinski definition) is 2. The molecule has 0 spiro atoms. The van der Waals surface area contributed by atoms with Gasteiger partial charge in [-0.2, -0.15) is 5.53 Å². The van der Waals surface area contributed by atoms with E-state index in [-0.39, 0.29) is 0 Å². The van der Waals surface area contributed by atoms with Crippen LogP contribution in [0, 0.1) is 5.53 Å². The summed E-state index contributed by atoms with van der Waals surface area (Å²) in [5, 5.41) is 5.98. The Hall–Kier alpha value is -2.16. The lowest BCUT2D eigenvalue weighted by Gasteiger charge is -2.31. The minimum Gasteiger partial charge on any atom is -0.215 e. The lowest BCUT2D eigenvalue weighted by molar-refractivity contribution is 0.780. The van der Waals surface area contributed by atoms with Crippen LogP contribution < -0.4 is 5.01 Å². The van der Waals surface area contributed by atoms with E-state index >= 15 is 0 Å². The first-order valence-corrected chi connectivity index (χ1v) is 10.1. The first-order chi connectivity index (χ1) is 12.7. The summed E-state index contributed by atoms with van der Waals surface area (Å²) < 4.78 is 0. The molecule has 3 heteroatoms. The van der Waals surface area contributed by atoms with Crippen molar-refractivity contribution in [2.24, 2.45) is 5.22 Å². The molecule has 0 aliphatic carbocycles. The molecular weight excluding hydrogens is 330 g/mol. The number of benzene rings is 2. The Bertz CT molecular complexity index is 672. The zero-order valence-electron chi connectivity index (χ0n) is 18.2. The van der Waals surface area contributed by atoms with Crippen molar-refractivity contribution in [3.8, 4) is 0 Å². The van der Waals surface area contributed by atoms with Crippen LogP contribution in [-0.2, 0) is 0 Å². The highest BCUT2D eigenvalue weighted by Crippen LogP contribution is 2.44. The Kier molecular flexibility index (Phi) is 6.80. The summed E-state index contributed by atoms with van der Waals surface area (Å²) in [5.74, 6) is 1.43. The zero-order valence-corrected chi connectivity index (χ0v) is 18.2. The highest BCUT2D eigenvalue weighted by Gasteiger charge is 2.26. The molecule has 0 unspecified atom stereocenters. The number of hydrogen-bond donors (Lipinski definition) is 1. The van der Waals surface area contributed by atoms with Crippen LogP contribution >= 0.6 is 0 Å². The van der Waals surface area contributed by atoms with E-state index in [0.717, 1.165) is 11.4 Å². The van der Waals surface area contributed by atoms with Crippen molar-refractivity contribution in [3.05, 3.63) is 58.7 Å². The summed E-state index contributed by atoms with van der Waals surface area (Å²) in [7, 11) is 0. The van der Waals surface area contributed by atoms with Gasteiger partial charge in [0.1, 0.15) is 0 Å². The summed E-state index contributed by atoms with van der Waals surface area (Å²) in [6.45, 7) is 17.7. The second-order valence-electron chi connectivity index (χ2n) is 8.60. The third-order valence-electron chi connectivity index (χ3n) is 5.21. The molecule has 0 amide bonds. The number of rotatable bonds is 7. The molecule has 0 saturated carbocycles. The lowest BCUT2D eigenvalue weighted by atomic mass is 9.89. The molecule has 146 valence electrons. The molecule has 2 rings (SSSR count). The van der Waals surface area contributed by atoms with Gasteiger partial charge in [-0.15, -0.1) is 0 Å². The molecule has 0 aromatic heterocycles. The molecule has 0 bridgehead atoms. The van der Waals surface area contributed by atoms with Crippen molar-refractivity contribution in [2.45, 2.75) is 79.1 Å². The second-order valence-corrected chi connectivity index (χ2v) is 8.60. The Morgan fingerprint density at radius 3 is 1.04 bits per heavy atom. The fourth-order valence-corrected chi connectivity index (χ4v) is 3.72. The van der Waals surface area contributed by atoms with E-state index in [0.29, 0.717) is 23.7 Å². The van der Waals surface area contributed by atoms with E-state index in [4.69, 9.17) is 5.53 Å². The molecule has 0 aliphatic heterocycles. The predicted molar refractivity (Wildman–Crippen MR) is 117 cm³/mol. The van der Waals surface area contributed by atoms with E-state index in [2.05, 4.69) is 97.0 Å². The van der Waals surface area contributed by atoms with Gasteiger partial charge >= 0.3 is 0 Å². The minimum absolute atomic E-state index is 0.358. The van der Waals surface area contributed by atoms with Gasteiger partial charge in [0.15, 0.2) is 0 Å². The van der Waals surface area contributed by atoms with Gasteiger partial charge in [0.25, 0.3) is 0 Å². The first-order valence-electron chi connectivity index (χ1n) is 10.1. The van der Waals surface area contributed by atoms with Crippen molar-refractivity contribution in [3.63, 3.8) is 0 Å². The van der Waals surface area contributed by atoms with E-state index in [1.54, 1.807) is 0 Å². The average Bonchev–Trinajstić information content (AvgIpc) is 2.61. The fraction of sp³-hybridized carbons (Fsp3) is 0.500. The molecule has 3 nitrogen and oxygen atoms in total. The second kappa shape index (κ2) is 8.69. The number of nitrogens with one attached hydrogen (secondary N) is 1. The summed E-state index contributed by atoms with van der Waals surface area (Å²) in [5.41, 5.74) is 15.3. The molecule has 2 aromatic carbocycles. The maximum absolute atomic E-state index is 8.14. The highest BCUT2D eigenvalue weighted by molar-refractivity contribution is 5.75. The average molecular weight is 366 g/mol. The number of anilines is 2. The molecular formula is C24H35N3. The van der Waals surface area contributed by atoms with Crippen molar-refractivity contribution >= 4 is 11.4 Å². The smallest absolute Gasteiger partial charge is 0.0739 e. The molecule has 0 fully saturated rings. The van der Waals surface area contributed by atoms with Crippen LogP contribution in [-0.4, -0.2) is 0 Å². The first kappa shape index (κ1) is 21.1. The third-order valence-corrected chi connectivity index (χ3v) is 5.21. The van der Waals surface area contributed by atoms with Gasteiger partial charge < -0.3 is 0 Å². The van der Waals surface area contributed by atoms with Gasteiger partial charge in [-0.25, -0.2) is 5.01 Å². The molecule has 2 aromatic rings. The fourth-order valence-electron chi connectivity index (χ4n) is 3.72. The molecule has 0 aliphatic rings. The van der Waals surface area contributed by atoms with Crippen LogP contribution in [0.2, 0.25) is 0 Å². The zero-order chi connectivity index (χ0) is 20.3. The van der Waals surface area contributed by atoms with Crippen molar-refractivity contribution in [1.82, 2.24) is 0 Å². The maximum atomic E-state index is 8.14. The van der Waals surface area contributed by atoms with E-state index in [1.807, 2.05) is 5.01 Å². The Morgan fingerprint density at radius 1 is 0.593 bits per heavy atom. The Balaban J connectivity index is 2.89. The van der Waals surface area contributed by atoms with Gasteiger partial charge in [0, 0.05) is 0 Å². The predicted octanol–water partition coefficient (Wildman–Crippen LogP) is 8.26. The number of nitrogens with zero attached hydrogens (tertiary/aromatic N) is 2. The largest absolute Gasteiger partial charge is 0.215 e. The van der Waals surface area contributed by atoms with Gasteiger partial charge in [-0.3, -0.25) is 0 Å². The van der Waals surface area contributed by atoms with Crippen LogP contribution in [0.3, 0.4) is 0 Å².